The summed E-state index contributed by atoms with van der Waals surface area (Å²) >= 11 is 0. The van der Waals surface area contributed by atoms with Gasteiger partial charge >= 0.3 is 0 Å². The molecule has 0 saturated carbocycles. The molecule has 1 atom stereocenters. The smallest absolute Gasteiger partial charge is 0.278 e. The Hall–Kier alpha value is -3.04. The van der Waals surface area contributed by atoms with E-state index < -0.39 is 14.9 Å². The van der Waals surface area contributed by atoms with Crippen molar-refractivity contribution in [3.05, 3.63) is 70.5 Å². The molecule has 27 heavy (non-hydrogen) atoms. The number of nitrogens with zero attached hydrogens (tertiary/aromatic N) is 2. The number of sulfonamides is 1. The van der Waals surface area contributed by atoms with Crippen molar-refractivity contribution in [2.75, 3.05) is 12.4 Å². The van der Waals surface area contributed by atoms with Gasteiger partial charge in [-0.2, -0.15) is 0 Å². The molecule has 0 aliphatic carbocycles. The first kappa shape index (κ1) is 18.7. The summed E-state index contributed by atoms with van der Waals surface area (Å²) in [6.07, 6.45) is 3.03. The van der Waals surface area contributed by atoms with Crippen LogP contribution in [0.15, 0.2) is 59.8 Å². The van der Waals surface area contributed by atoms with Gasteiger partial charge in [-0.05, 0) is 43.8 Å². The number of rotatable bonds is 6. The monoisotopic (exact) mass is 386 g/mol. The molecule has 0 spiro atoms. The number of nitrogens with one attached hydrogen (secondary N) is 2. The van der Waals surface area contributed by atoms with Gasteiger partial charge in [0.1, 0.15) is 0 Å². The zero-order chi connectivity index (χ0) is 19.6. The van der Waals surface area contributed by atoms with Gasteiger partial charge in [-0.1, -0.05) is 12.1 Å². The number of hydrogen-bond acceptors (Lipinski definition) is 6. The summed E-state index contributed by atoms with van der Waals surface area (Å²) in [5.41, 5.74) is 1.46. The molecule has 1 heterocycles. The summed E-state index contributed by atoms with van der Waals surface area (Å²) in [4.78, 5) is 14.9. The second kappa shape index (κ2) is 7.29. The Morgan fingerprint density at radius 2 is 1.93 bits per heavy atom. The summed E-state index contributed by atoms with van der Waals surface area (Å²) in [6, 6.07) is 11.2. The molecule has 0 aliphatic heterocycles. The van der Waals surface area contributed by atoms with Gasteiger partial charge < -0.3 is 5.32 Å². The van der Waals surface area contributed by atoms with Gasteiger partial charge in [-0.25, -0.2) is 13.1 Å². The number of pyridine rings is 1. The van der Waals surface area contributed by atoms with Crippen molar-refractivity contribution < 1.29 is 13.3 Å². The lowest BCUT2D eigenvalue weighted by Gasteiger charge is -2.18. The minimum atomic E-state index is -3.54. The molecule has 3 rings (SSSR count). The minimum absolute atomic E-state index is 0.0154. The summed E-state index contributed by atoms with van der Waals surface area (Å²) < 4.78 is 26.3. The lowest BCUT2D eigenvalue weighted by atomic mass is 10.1. The lowest BCUT2D eigenvalue weighted by Crippen LogP contribution is -2.19. The highest BCUT2D eigenvalue weighted by Gasteiger charge is 2.17. The molecule has 0 amide bonds. The van der Waals surface area contributed by atoms with Crippen molar-refractivity contribution in [3.63, 3.8) is 0 Å². The number of benzene rings is 2. The molecule has 0 fully saturated rings. The Morgan fingerprint density at radius 1 is 1.15 bits per heavy atom. The number of hydrogen-bond donors (Lipinski definition) is 2. The van der Waals surface area contributed by atoms with E-state index in [9.17, 15) is 18.5 Å². The van der Waals surface area contributed by atoms with Gasteiger partial charge in [0.15, 0.2) is 0 Å². The fourth-order valence-electron chi connectivity index (χ4n) is 2.85. The first-order chi connectivity index (χ1) is 12.8. The van der Waals surface area contributed by atoms with E-state index in [-0.39, 0.29) is 16.6 Å². The number of fused-ring (bicyclic) bond motifs is 1. The van der Waals surface area contributed by atoms with Crippen molar-refractivity contribution in [3.8, 4) is 0 Å². The van der Waals surface area contributed by atoms with E-state index in [1.165, 1.54) is 25.4 Å². The number of nitro benzene ring substituents is 1. The lowest BCUT2D eigenvalue weighted by molar-refractivity contribution is -0.383. The highest BCUT2D eigenvalue weighted by atomic mass is 32.2. The van der Waals surface area contributed by atoms with E-state index in [0.29, 0.717) is 16.5 Å². The maximum Gasteiger partial charge on any atom is 0.278 e. The molecule has 9 heteroatoms. The minimum Gasteiger partial charge on any atom is -0.378 e. The SMILES string of the molecule is CNS(=O)(=O)c1cccc(C(C)Nc2ccc([N+](=O)[O-])c3cnccc23)c1. The van der Waals surface area contributed by atoms with Crippen LogP contribution in [0.25, 0.3) is 10.8 Å². The molecular weight excluding hydrogens is 368 g/mol. The zero-order valence-electron chi connectivity index (χ0n) is 14.7. The van der Waals surface area contributed by atoms with Gasteiger partial charge in [0.2, 0.25) is 10.0 Å². The summed E-state index contributed by atoms with van der Waals surface area (Å²) in [6.45, 7) is 1.89. The van der Waals surface area contributed by atoms with Gasteiger partial charge in [0.25, 0.3) is 5.69 Å². The highest BCUT2D eigenvalue weighted by molar-refractivity contribution is 7.89. The van der Waals surface area contributed by atoms with Crippen LogP contribution in [-0.4, -0.2) is 25.4 Å². The molecule has 0 bridgehead atoms. The van der Waals surface area contributed by atoms with Crippen LogP contribution in [0.4, 0.5) is 11.4 Å². The van der Waals surface area contributed by atoms with E-state index in [1.54, 1.807) is 30.5 Å². The average molecular weight is 386 g/mol. The zero-order valence-corrected chi connectivity index (χ0v) is 15.5. The van der Waals surface area contributed by atoms with Crippen LogP contribution in [0, 0.1) is 10.1 Å². The van der Waals surface area contributed by atoms with Crippen molar-refractivity contribution in [2.45, 2.75) is 17.9 Å². The molecule has 3 aromatic rings. The van der Waals surface area contributed by atoms with E-state index in [4.69, 9.17) is 0 Å². The Bertz CT molecular complexity index is 1120. The second-order valence-corrected chi connectivity index (χ2v) is 7.84. The molecular formula is C18H18N4O4S. The van der Waals surface area contributed by atoms with Crippen LogP contribution < -0.4 is 10.0 Å². The third kappa shape index (κ3) is 3.74. The first-order valence-electron chi connectivity index (χ1n) is 8.14. The second-order valence-electron chi connectivity index (χ2n) is 5.96. The normalized spacial score (nSPS) is 12.7. The van der Waals surface area contributed by atoms with E-state index in [2.05, 4.69) is 15.0 Å². The summed E-state index contributed by atoms with van der Waals surface area (Å²) in [5.74, 6) is 0. The molecule has 2 N–H and O–H groups in total. The molecule has 0 radical (unpaired) electrons. The molecule has 8 nitrogen and oxygen atoms in total. The van der Waals surface area contributed by atoms with Gasteiger partial charge in [0, 0.05) is 35.6 Å². The molecule has 1 unspecified atom stereocenters. The quantitative estimate of drug-likeness (QED) is 0.497. The number of aromatic nitrogens is 1. The highest BCUT2D eigenvalue weighted by Crippen LogP contribution is 2.32. The Balaban J connectivity index is 1.98. The molecule has 140 valence electrons. The fraction of sp³-hybridized carbons (Fsp3) is 0.167. The summed E-state index contributed by atoms with van der Waals surface area (Å²) in [5, 5.41) is 15.6. The average Bonchev–Trinajstić information content (AvgIpc) is 2.68. The fourth-order valence-corrected chi connectivity index (χ4v) is 3.63. The number of nitro groups is 1. The molecule has 0 aliphatic rings. The van der Waals surface area contributed by atoms with Crippen molar-refractivity contribution in [2.24, 2.45) is 0 Å². The standard InChI is InChI=1S/C18H18N4O4S/c1-12(13-4-3-5-14(10-13)27(25,26)19-2)21-17-6-7-18(22(23)24)16-11-20-9-8-15(16)17/h3-12,19,21H,1-2H3. The van der Waals surface area contributed by atoms with E-state index >= 15 is 0 Å². The largest absolute Gasteiger partial charge is 0.378 e. The maximum absolute atomic E-state index is 12.0. The predicted molar refractivity (Wildman–Crippen MR) is 103 cm³/mol. The Kier molecular flexibility index (Phi) is 5.06. The topological polar surface area (TPSA) is 114 Å². The molecule has 0 saturated heterocycles. The third-order valence-electron chi connectivity index (χ3n) is 4.30. The molecule has 2 aromatic carbocycles. The van der Waals surface area contributed by atoms with Crippen LogP contribution in [0.1, 0.15) is 18.5 Å². The third-order valence-corrected chi connectivity index (χ3v) is 5.71. The van der Waals surface area contributed by atoms with Gasteiger partial charge in [-0.15, -0.1) is 0 Å². The molecule has 1 aromatic heterocycles. The van der Waals surface area contributed by atoms with Crippen LogP contribution in [-0.2, 0) is 10.0 Å². The van der Waals surface area contributed by atoms with Crippen molar-refractivity contribution in [1.29, 1.82) is 0 Å². The van der Waals surface area contributed by atoms with E-state index in [1.807, 2.05) is 13.0 Å². The van der Waals surface area contributed by atoms with Gasteiger partial charge in [0.05, 0.1) is 15.2 Å². The van der Waals surface area contributed by atoms with Crippen molar-refractivity contribution >= 4 is 32.2 Å². The number of anilines is 1. The van der Waals surface area contributed by atoms with Crippen molar-refractivity contribution in [1.82, 2.24) is 9.71 Å². The van der Waals surface area contributed by atoms with Crippen LogP contribution in [0.3, 0.4) is 0 Å². The first-order valence-corrected chi connectivity index (χ1v) is 9.63. The Morgan fingerprint density at radius 3 is 2.63 bits per heavy atom. The van der Waals surface area contributed by atoms with Crippen LogP contribution in [0.2, 0.25) is 0 Å². The maximum atomic E-state index is 12.0. The Labute approximate surface area is 156 Å². The summed E-state index contributed by atoms with van der Waals surface area (Å²) in [7, 11) is -2.18. The predicted octanol–water partition coefficient (Wildman–Crippen LogP) is 3.22. The van der Waals surface area contributed by atoms with Gasteiger partial charge in [-0.3, -0.25) is 15.1 Å². The van der Waals surface area contributed by atoms with Crippen LogP contribution in [0.5, 0.6) is 0 Å². The van der Waals surface area contributed by atoms with E-state index in [0.717, 1.165) is 5.56 Å². The van der Waals surface area contributed by atoms with Crippen LogP contribution >= 0.6 is 0 Å². The number of non-ortho nitro benzene ring substituents is 1.